The number of carbonyl (C=O) groups excluding carboxylic acids is 1. The molecule has 0 aliphatic carbocycles. The molecule has 0 saturated heterocycles. The Morgan fingerprint density at radius 1 is 1.32 bits per heavy atom. The fraction of sp³-hybridized carbons (Fsp3) is 0.294. The fourth-order valence-corrected chi connectivity index (χ4v) is 2.48. The molecule has 0 atom stereocenters. The second kappa shape index (κ2) is 8.75. The van der Waals surface area contributed by atoms with Crippen LogP contribution in [0.3, 0.4) is 0 Å². The summed E-state index contributed by atoms with van der Waals surface area (Å²) in [5.74, 6) is 0.522. The van der Waals surface area contributed by atoms with Crippen LogP contribution in [0.5, 0.6) is 5.75 Å². The highest BCUT2D eigenvalue weighted by Gasteiger charge is 2.23. The SMILES string of the molecule is CCCc1c(C(=O)N/N=C\c2ccc(OCC)cc2)nnn1-c1nonc1N. The zero-order valence-electron chi connectivity index (χ0n) is 15.5. The lowest BCUT2D eigenvalue weighted by atomic mass is 10.2. The molecule has 0 saturated carbocycles. The van der Waals surface area contributed by atoms with Gasteiger partial charge >= 0.3 is 0 Å². The van der Waals surface area contributed by atoms with Crippen LogP contribution in [0.25, 0.3) is 5.82 Å². The molecule has 0 spiro atoms. The number of amides is 1. The van der Waals surface area contributed by atoms with Gasteiger partial charge in [0.1, 0.15) is 5.75 Å². The number of aromatic nitrogens is 5. The van der Waals surface area contributed by atoms with E-state index in [1.807, 2.05) is 38.1 Å². The largest absolute Gasteiger partial charge is 0.494 e. The summed E-state index contributed by atoms with van der Waals surface area (Å²) in [4.78, 5) is 12.5. The van der Waals surface area contributed by atoms with Crippen LogP contribution >= 0.6 is 0 Å². The van der Waals surface area contributed by atoms with E-state index in [1.54, 1.807) is 0 Å². The number of anilines is 1. The highest BCUT2D eigenvalue weighted by atomic mass is 16.6. The molecule has 28 heavy (non-hydrogen) atoms. The van der Waals surface area contributed by atoms with Crippen LogP contribution in [0.1, 0.15) is 42.0 Å². The molecule has 0 radical (unpaired) electrons. The maximum Gasteiger partial charge on any atom is 0.293 e. The minimum Gasteiger partial charge on any atom is -0.494 e. The molecule has 146 valence electrons. The van der Waals surface area contributed by atoms with Crippen molar-refractivity contribution >= 4 is 17.9 Å². The van der Waals surface area contributed by atoms with Crippen LogP contribution in [-0.4, -0.2) is 44.0 Å². The van der Waals surface area contributed by atoms with Crippen molar-refractivity contribution in [3.63, 3.8) is 0 Å². The molecule has 0 aliphatic rings. The third-order valence-electron chi connectivity index (χ3n) is 3.73. The van der Waals surface area contributed by atoms with E-state index in [-0.39, 0.29) is 17.3 Å². The molecule has 2 heterocycles. The van der Waals surface area contributed by atoms with Crippen LogP contribution in [0.2, 0.25) is 0 Å². The van der Waals surface area contributed by atoms with Gasteiger partial charge in [-0.15, -0.1) is 5.10 Å². The summed E-state index contributed by atoms with van der Waals surface area (Å²) in [6, 6.07) is 7.32. The van der Waals surface area contributed by atoms with Crippen LogP contribution in [0.4, 0.5) is 5.82 Å². The maximum absolute atomic E-state index is 12.5. The average Bonchev–Trinajstić information content (AvgIpc) is 3.29. The van der Waals surface area contributed by atoms with Gasteiger partial charge in [-0.05, 0) is 53.5 Å². The molecule has 3 aromatic rings. The van der Waals surface area contributed by atoms with Crippen LogP contribution in [0.15, 0.2) is 34.0 Å². The first-order chi connectivity index (χ1) is 13.6. The number of benzene rings is 1. The number of ether oxygens (including phenoxy) is 1. The lowest BCUT2D eigenvalue weighted by molar-refractivity contribution is 0.0949. The average molecular weight is 384 g/mol. The first-order valence-corrected chi connectivity index (χ1v) is 8.73. The quantitative estimate of drug-likeness (QED) is 0.437. The summed E-state index contributed by atoms with van der Waals surface area (Å²) in [7, 11) is 0. The highest BCUT2D eigenvalue weighted by Crippen LogP contribution is 2.17. The van der Waals surface area contributed by atoms with Crippen molar-refractivity contribution in [2.45, 2.75) is 26.7 Å². The van der Waals surface area contributed by atoms with E-state index in [2.05, 4.69) is 35.8 Å². The molecule has 0 aliphatic heterocycles. The molecule has 0 fully saturated rings. The van der Waals surface area contributed by atoms with E-state index in [1.165, 1.54) is 10.9 Å². The van der Waals surface area contributed by atoms with Gasteiger partial charge in [0.2, 0.25) is 11.6 Å². The first kappa shape index (κ1) is 19.0. The summed E-state index contributed by atoms with van der Waals surface area (Å²) in [6.45, 7) is 4.48. The number of rotatable bonds is 8. The van der Waals surface area contributed by atoms with Crippen LogP contribution in [0, 0.1) is 0 Å². The third kappa shape index (κ3) is 4.14. The number of hydrogen-bond donors (Lipinski definition) is 2. The number of nitrogens with zero attached hydrogens (tertiary/aromatic N) is 6. The number of nitrogens with two attached hydrogens (primary N) is 1. The Kier molecular flexibility index (Phi) is 5.94. The van der Waals surface area contributed by atoms with E-state index in [0.717, 1.165) is 17.7 Å². The van der Waals surface area contributed by atoms with E-state index in [4.69, 9.17) is 10.5 Å². The molecule has 1 aromatic carbocycles. The van der Waals surface area contributed by atoms with Crippen LogP contribution < -0.4 is 15.9 Å². The van der Waals surface area contributed by atoms with Crippen LogP contribution in [-0.2, 0) is 6.42 Å². The molecule has 1 amide bonds. The third-order valence-corrected chi connectivity index (χ3v) is 3.73. The van der Waals surface area contributed by atoms with Gasteiger partial charge in [-0.2, -0.15) is 9.78 Å². The maximum atomic E-state index is 12.5. The molecule has 2 aromatic heterocycles. The van der Waals surface area contributed by atoms with Gasteiger partial charge in [0, 0.05) is 0 Å². The van der Waals surface area contributed by atoms with Gasteiger partial charge in [0.05, 0.1) is 18.5 Å². The summed E-state index contributed by atoms with van der Waals surface area (Å²) < 4.78 is 11.3. The smallest absolute Gasteiger partial charge is 0.293 e. The van der Waals surface area contributed by atoms with Crippen molar-refractivity contribution in [2.24, 2.45) is 5.10 Å². The first-order valence-electron chi connectivity index (χ1n) is 8.73. The molecule has 11 nitrogen and oxygen atoms in total. The normalized spacial score (nSPS) is 11.1. The predicted octanol–water partition coefficient (Wildman–Crippen LogP) is 1.35. The molecular formula is C17H20N8O3. The Balaban J connectivity index is 1.73. The second-order valence-corrected chi connectivity index (χ2v) is 5.72. The van der Waals surface area contributed by atoms with Gasteiger partial charge in [0.15, 0.2) is 5.69 Å². The minimum absolute atomic E-state index is 0.0581. The van der Waals surface area contributed by atoms with Gasteiger partial charge in [-0.3, -0.25) is 4.79 Å². The number of carbonyl (C=O) groups is 1. The highest BCUT2D eigenvalue weighted by molar-refractivity contribution is 5.94. The monoisotopic (exact) mass is 384 g/mol. The molecule has 0 bridgehead atoms. The van der Waals surface area contributed by atoms with Gasteiger partial charge < -0.3 is 10.5 Å². The van der Waals surface area contributed by atoms with Crippen molar-refractivity contribution in [3.8, 4) is 11.6 Å². The van der Waals surface area contributed by atoms with E-state index >= 15 is 0 Å². The summed E-state index contributed by atoms with van der Waals surface area (Å²) in [5.41, 5.74) is 9.64. The number of nitrogens with one attached hydrogen (secondary N) is 1. The van der Waals surface area contributed by atoms with Crippen molar-refractivity contribution in [3.05, 3.63) is 41.2 Å². The topological polar surface area (TPSA) is 146 Å². The molecular weight excluding hydrogens is 364 g/mol. The lowest BCUT2D eigenvalue weighted by Crippen LogP contribution is -2.20. The summed E-state index contributed by atoms with van der Waals surface area (Å²) in [5, 5.41) is 19.1. The van der Waals surface area contributed by atoms with E-state index in [9.17, 15) is 4.79 Å². The second-order valence-electron chi connectivity index (χ2n) is 5.72. The van der Waals surface area contributed by atoms with Crippen molar-refractivity contribution in [1.29, 1.82) is 0 Å². The molecule has 0 unspecified atom stereocenters. The van der Waals surface area contributed by atoms with Crippen molar-refractivity contribution in [1.82, 2.24) is 30.7 Å². The van der Waals surface area contributed by atoms with Gasteiger partial charge in [-0.1, -0.05) is 18.6 Å². The zero-order chi connectivity index (χ0) is 19.9. The standard InChI is InChI=1S/C17H20N8O3/c1-3-5-13-14(20-24-25(13)16-15(18)22-28-23-16)17(26)21-19-10-11-6-8-12(9-7-11)27-4-2/h6-10H,3-5H2,1-2H3,(H2,18,22)(H,21,26)/b19-10-. The predicted molar refractivity (Wildman–Crippen MR) is 100 cm³/mol. The van der Waals surface area contributed by atoms with Gasteiger partial charge in [-0.25, -0.2) is 10.1 Å². The minimum atomic E-state index is -0.494. The van der Waals surface area contributed by atoms with Crippen molar-refractivity contribution in [2.75, 3.05) is 12.3 Å². The zero-order valence-corrected chi connectivity index (χ0v) is 15.5. The van der Waals surface area contributed by atoms with E-state index in [0.29, 0.717) is 18.7 Å². The Bertz CT molecular complexity index is 961. The lowest BCUT2D eigenvalue weighted by Gasteiger charge is -2.04. The Labute approximate surface area is 160 Å². The summed E-state index contributed by atoms with van der Waals surface area (Å²) in [6.07, 6.45) is 2.82. The van der Waals surface area contributed by atoms with Gasteiger partial charge in [0.25, 0.3) is 5.91 Å². The summed E-state index contributed by atoms with van der Waals surface area (Å²) >= 11 is 0. The fourth-order valence-electron chi connectivity index (χ4n) is 2.48. The number of hydrogen-bond acceptors (Lipinski definition) is 9. The number of hydrazone groups is 1. The Hall–Kier alpha value is -3.76. The van der Waals surface area contributed by atoms with E-state index < -0.39 is 5.91 Å². The van der Waals surface area contributed by atoms with Crippen molar-refractivity contribution < 1.29 is 14.2 Å². The molecule has 11 heteroatoms. The molecule has 3 rings (SSSR count). The molecule has 3 N–H and O–H groups in total. The Morgan fingerprint density at radius 3 is 2.75 bits per heavy atom. The number of nitrogen functional groups attached to an aromatic ring is 1. The Morgan fingerprint density at radius 2 is 2.11 bits per heavy atom.